The van der Waals surface area contributed by atoms with E-state index >= 15 is 0 Å². The van der Waals surface area contributed by atoms with E-state index in [2.05, 4.69) is 81.5 Å². The van der Waals surface area contributed by atoms with Gasteiger partial charge >= 0.3 is 17.9 Å². The zero-order valence-corrected chi connectivity index (χ0v) is 55.7. The maximum atomic E-state index is 12.9. The molecule has 0 N–H and O–H groups in total. The first kappa shape index (κ1) is 80.1. The second kappa shape index (κ2) is 71.6. The first-order valence-electron chi connectivity index (χ1n) is 36.8. The lowest BCUT2D eigenvalue weighted by molar-refractivity contribution is -0.167. The third kappa shape index (κ3) is 69.8. The van der Waals surface area contributed by atoms with E-state index in [-0.39, 0.29) is 37.5 Å². The van der Waals surface area contributed by atoms with Crippen molar-refractivity contribution in [2.24, 2.45) is 0 Å². The fourth-order valence-corrected chi connectivity index (χ4v) is 11.0. The monoisotopic (exact) mass is 1160 g/mol. The lowest BCUT2D eigenvalue weighted by Crippen LogP contribution is -2.30. The summed E-state index contributed by atoms with van der Waals surface area (Å²) in [4.78, 5) is 38.4. The number of allylic oxidation sites excluding steroid dienone is 10. The average molecular weight is 1160 g/mol. The number of carbonyl (C=O) groups is 3. The largest absolute Gasteiger partial charge is 0.462 e. The molecule has 1 unspecified atom stereocenters. The van der Waals surface area contributed by atoms with E-state index in [9.17, 15) is 14.4 Å². The van der Waals surface area contributed by atoms with Gasteiger partial charge in [0, 0.05) is 19.3 Å². The van der Waals surface area contributed by atoms with Gasteiger partial charge in [0.2, 0.25) is 0 Å². The molecule has 83 heavy (non-hydrogen) atoms. The fraction of sp³-hybridized carbons (Fsp3) is 0.831. The van der Waals surface area contributed by atoms with Crippen molar-refractivity contribution in [2.75, 3.05) is 13.2 Å². The Hall–Kier alpha value is -2.89. The molecule has 1 atom stereocenters. The highest BCUT2D eigenvalue weighted by Gasteiger charge is 2.19. The summed E-state index contributed by atoms with van der Waals surface area (Å²) >= 11 is 0. The van der Waals surface area contributed by atoms with Crippen molar-refractivity contribution >= 4 is 17.9 Å². The van der Waals surface area contributed by atoms with Crippen LogP contribution in [0.1, 0.15) is 393 Å². The molecule has 0 fully saturated rings. The van der Waals surface area contributed by atoms with E-state index < -0.39 is 6.10 Å². The minimum atomic E-state index is -0.799. The number of ether oxygens (including phenoxy) is 3. The third-order valence-corrected chi connectivity index (χ3v) is 16.5. The van der Waals surface area contributed by atoms with E-state index in [1.807, 2.05) is 0 Å². The highest BCUT2D eigenvalue weighted by molar-refractivity contribution is 5.71. The summed E-state index contributed by atoms with van der Waals surface area (Å²) in [5, 5.41) is 0. The number of hydrogen-bond acceptors (Lipinski definition) is 6. The first-order valence-corrected chi connectivity index (χ1v) is 36.8. The molecule has 0 aromatic rings. The van der Waals surface area contributed by atoms with Gasteiger partial charge in [0.15, 0.2) is 6.10 Å². The number of rotatable bonds is 68. The van der Waals surface area contributed by atoms with Crippen LogP contribution in [-0.4, -0.2) is 37.2 Å². The molecular formula is C77H140O6. The van der Waals surface area contributed by atoms with Gasteiger partial charge in [-0.2, -0.15) is 0 Å². The van der Waals surface area contributed by atoms with Gasteiger partial charge < -0.3 is 14.2 Å². The van der Waals surface area contributed by atoms with Crippen LogP contribution in [0.4, 0.5) is 0 Å². The molecule has 484 valence electrons. The molecule has 0 aromatic heterocycles. The van der Waals surface area contributed by atoms with Crippen molar-refractivity contribution in [1.29, 1.82) is 0 Å². The molecule has 0 aliphatic carbocycles. The molecule has 0 amide bonds. The summed E-state index contributed by atoms with van der Waals surface area (Å²) in [6.45, 7) is 6.54. The van der Waals surface area contributed by atoms with Gasteiger partial charge in [0.25, 0.3) is 0 Å². The molecular weight excluding hydrogens is 1020 g/mol. The van der Waals surface area contributed by atoms with Crippen LogP contribution in [0.15, 0.2) is 60.8 Å². The summed E-state index contributed by atoms with van der Waals surface area (Å²) in [5.74, 6) is -0.921. The quantitative estimate of drug-likeness (QED) is 0.0261. The molecule has 0 rings (SSSR count). The minimum Gasteiger partial charge on any atom is -0.462 e. The van der Waals surface area contributed by atoms with Crippen molar-refractivity contribution in [3.63, 3.8) is 0 Å². The van der Waals surface area contributed by atoms with Gasteiger partial charge in [-0.15, -0.1) is 0 Å². The van der Waals surface area contributed by atoms with Crippen molar-refractivity contribution < 1.29 is 28.6 Å². The van der Waals surface area contributed by atoms with E-state index in [0.717, 1.165) is 83.5 Å². The highest BCUT2D eigenvalue weighted by Crippen LogP contribution is 2.19. The topological polar surface area (TPSA) is 78.9 Å². The van der Waals surface area contributed by atoms with Gasteiger partial charge in [-0.25, -0.2) is 0 Å². The van der Waals surface area contributed by atoms with Crippen LogP contribution in [0.3, 0.4) is 0 Å². The van der Waals surface area contributed by atoms with Gasteiger partial charge in [-0.05, 0) is 83.5 Å². The fourth-order valence-electron chi connectivity index (χ4n) is 11.0. The summed E-state index contributed by atoms with van der Waals surface area (Å²) in [5.41, 5.74) is 0. The van der Waals surface area contributed by atoms with Crippen LogP contribution in [0, 0.1) is 0 Å². The van der Waals surface area contributed by atoms with Crippen LogP contribution >= 0.6 is 0 Å². The molecule has 0 aliphatic heterocycles. The number of hydrogen-bond donors (Lipinski definition) is 0. The van der Waals surface area contributed by atoms with E-state index in [0.29, 0.717) is 19.3 Å². The Kier molecular flexibility index (Phi) is 69.1. The van der Waals surface area contributed by atoms with Crippen molar-refractivity contribution in [3.05, 3.63) is 60.8 Å². The molecule has 0 spiro atoms. The maximum Gasteiger partial charge on any atom is 0.306 e. The summed E-state index contributed by atoms with van der Waals surface area (Å²) in [6.07, 6.45) is 92.9. The van der Waals surface area contributed by atoms with E-state index in [1.54, 1.807) is 0 Å². The molecule has 0 heterocycles. The second-order valence-electron chi connectivity index (χ2n) is 24.8. The second-order valence-corrected chi connectivity index (χ2v) is 24.8. The number of unbranched alkanes of at least 4 members (excludes halogenated alkanes) is 47. The van der Waals surface area contributed by atoms with Gasteiger partial charge in [-0.3, -0.25) is 14.4 Å². The SMILES string of the molecule is CC/C=C\C/C=C\C/C=C\C/C=C\CCCCC(=O)OC(COC(=O)CCCCCCC/C=C\CCCCCCCC)COC(=O)CCCCCCCCCCCCCCCCCCCCCCCCCCCCCCCCCCCCC. The zero-order chi connectivity index (χ0) is 59.9. The standard InChI is InChI=1S/C77H140O6/c1-4-7-10-13-16-19-22-25-28-29-30-31-32-33-34-35-36-37-38-39-40-41-42-43-44-45-46-47-50-52-55-58-61-64-67-70-76(79)82-73-74(83-77(80)71-68-65-62-59-56-53-49-27-24-21-18-15-12-9-6-3)72-81-75(78)69-66-63-60-57-54-51-48-26-23-20-17-14-11-8-5-2/h9,12,18,21,26-27,48-49,56,59,74H,4-8,10-11,13-17,19-20,22-25,28-47,50-55,57-58,60-73H2,1-3H3/b12-9-,21-18-,48-26-,49-27-,59-56-. The summed E-state index contributed by atoms with van der Waals surface area (Å²) < 4.78 is 16.9. The van der Waals surface area contributed by atoms with Crippen molar-refractivity contribution in [1.82, 2.24) is 0 Å². The van der Waals surface area contributed by atoms with Crippen LogP contribution in [0.2, 0.25) is 0 Å². The third-order valence-electron chi connectivity index (χ3n) is 16.5. The zero-order valence-electron chi connectivity index (χ0n) is 55.7. The smallest absolute Gasteiger partial charge is 0.306 e. The Bertz CT molecular complexity index is 1470. The van der Waals surface area contributed by atoms with Gasteiger partial charge in [0.1, 0.15) is 13.2 Å². The molecule has 0 saturated carbocycles. The average Bonchev–Trinajstić information content (AvgIpc) is 3.50. The summed E-state index contributed by atoms with van der Waals surface area (Å²) in [6, 6.07) is 0. The van der Waals surface area contributed by atoms with Crippen molar-refractivity contribution in [3.8, 4) is 0 Å². The van der Waals surface area contributed by atoms with Crippen LogP contribution in [0.25, 0.3) is 0 Å². The molecule has 0 bridgehead atoms. The normalized spacial score (nSPS) is 12.4. The van der Waals surface area contributed by atoms with Crippen molar-refractivity contribution in [2.45, 2.75) is 399 Å². The lowest BCUT2D eigenvalue weighted by atomic mass is 10.0. The Morgan fingerprint density at radius 1 is 0.253 bits per heavy atom. The Balaban J connectivity index is 4.10. The lowest BCUT2D eigenvalue weighted by Gasteiger charge is -2.18. The molecule has 0 aliphatic rings. The Morgan fingerprint density at radius 2 is 0.470 bits per heavy atom. The Morgan fingerprint density at radius 3 is 0.771 bits per heavy atom. The molecule has 6 heteroatoms. The van der Waals surface area contributed by atoms with Gasteiger partial charge in [0.05, 0.1) is 0 Å². The number of esters is 3. The molecule has 6 nitrogen and oxygen atoms in total. The predicted molar refractivity (Wildman–Crippen MR) is 362 cm³/mol. The minimum absolute atomic E-state index is 0.0904. The Labute approximate surface area is 517 Å². The molecule has 0 aromatic carbocycles. The highest BCUT2D eigenvalue weighted by atomic mass is 16.6. The molecule has 0 radical (unpaired) electrons. The van der Waals surface area contributed by atoms with E-state index in [1.165, 1.54) is 263 Å². The van der Waals surface area contributed by atoms with Crippen LogP contribution in [0.5, 0.6) is 0 Å². The van der Waals surface area contributed by atoms with Crippen LogP contribution < -0.4 is 0 Å². The maximum absolute atomic E-state index is 12.9. The first-order chi connectivity index (χ1) is 41.0. The van der Waals surface area contributed by atoms with Gasteiger partial charge in [-0.1, -0.05) is 351 Å². The molecule has 0 saturated heterocycles. The number of carbonyl (C=O) groups excluding carboxylic acids is 3. The van der Waals surface area contributed by atoms with E-state index in [4.69, 9.17) is 14.2 Å². The predicted octanol–water partition coefficient (Wildman–Crippen LogP) is 25.5. The van der Waals surface area contributed by atoms with Crippen LogP contribution in [-0.2, 0) is 28.6 Å². The summed E-state index contributed by atoms with van der Waals surface area (Å²) in [7, 11) is 0.